The lowest BCUT2D eigenvalue weighted by Crippen LogP contribution is -1.99. The molecular formula is C15H15N3O. The smallest absolute Gasteiger partial charge is 0.150 e. The van der Waals surface area contributed by atoms with E-state index in [9.17, 15) is 4.79 Å². The van der Waals surface area contributed by atoms with Crippen LogP contribution >= 0.6 is 0 Å². The van der Waals surface area contributed by atoms with E-state index in [4.69, 9.17) is 0 Å². The van der Waals surface area contributed by atoms with Crippen molar-refractivity contribution in [1.29, 1.82) is 0 Å². The van der Waals surface area contributed by atoms with Gasteiger partial charge in [-0.2, -0.15) is 5.10 Å². The van der Waals surface area contributed by atoms with Crippen molar-refractivity contribution in [2.45, 2.75) is 13.0 Å². The fraction of sp³-hybridized carbons (Fsp3) is 0.200. The normalized spacial score (nSPS) is 11.0. The first kappa shape index (κ1) is 11.7. The maximum absolute atomic E-state index is 10.8. The Balaban J connectivity index is 1.83. The van der Waals surface area contributed by atoms with Gasteiger partial charge in [-0.05, 0) is 36.2 Å². The minimum absolute atomic E-state index is 0.720. The van der Waals surface area contributed by atoms with Crippen molar-refractivity contribution in [3.63, 3.8) is 0 Å². The van der Waals surface area contributed by atoms with Gasteiger partial charge < -0.3 is 4.57 Å². The van der Waals surface area contributed by atoms with Gasteiger partial charge >= 0.3 is 0 Å². The van der Waals surface area contributed by atoms with E-state index < -0.39 is 0 Å². The van der Waals surface area contributed by atoms with Crippen molar-refractivity contribution in [1.82, 2.24) is 14.3 Å². The van der Waals surface area contributed by atoms with Crippen molar-refractivity contribution >= 4 is 17.2 Å². The van der Waals surface area contributed by atoms with Crippen LogP contribution in [0.25, 0.3) is 10.9 Å². The zero-order chi connectivity index (χ0) is 13.2. The summed E-state index contributed by atoms with van der Waals surface area (Å²) in [5.41, 5.74) is 3.11. The minimum Gasteiger partial charge on any atom is -0.347 e. The Hall–Kier alpha value is -2.36. The molecule has 0 aliphatic heterocycles. The summed E-state index contributed by atoms with van der Waals surface area (Å²) in [4.78, 5) is 10.8. The summed E-state index contributed by atoms with van der Waals surface area (Å²) in [5.74, 6) is 0. The molecule has 0 unspecified atom stereocenters. The molecule has 96 valence electrons. The third-order valence-electron chi connectivity index (χ3n) is 3.33. The molecule has 0 N–H and O–H groups in total. The Morgan fingerprint density at radius 3 is 2.95 bits per heavy atom. The molecule has 0 atom stereocenters. The van der Waals surface area contributed by atoms with Crippen LogP contribution in [0.15, 0.2) is 42.9 Å². The highest BCUT2D eigenvalue weighted by atomic mass is 16.1. The van der Waals surface area contributed by atoms with Crippen LogP contribution in [0.3, 0.4) is 0 Å². The highest BCUT2D eigenvalue weighted by molar-refractivity contribution is 5.87. The lowest BCUT2D eigenvalue weighted by atomic mass is 10.2. The quantitative estimate of drug-likeness (QED) is 0.670. The summed E-state index contributed by atoms with van der Waals surface area (Å²) < 4.78 is 4.02. The van der Waals surface area contributed by atoms with Crippen molar-refractivity contribution in [2.75, 3.05) is 0 Å². The summed E-state index contributed by atoms with van der Waals surface area (Å²) >= 11 is 0. The van der Waals surface area contributed by atoms with Crippen molar-refractivity contribution < 1.29 is 4.79 Å². The Labute approximate surface area is 111 Å². The second kappa shape index (κ2) is 4.72. The van der Waals surface area contributed by atoms with E-state index in [0.717, 1.165) is 35.7 Å². The van der Waals surface area contributed by atoms with Crippen LogP contribution < -0.4 is 0 Å². The molecule has 2 heterocycles. The van der Waals surface area contributed by atoms with Gasteiger partial charge in [0.05, 0.1) is 6.20 Å². The van der Waals surface area contributed by atoms with Gasteiger partial charge in [0.15, 0.2) is 0 Å². The number of aldehydes is 1. The van der Waals surface area contributed by atoms with E-state index >= 15 is 0 Å². The van der Waals surface area contributed by atoms with Gasteiger partial charge in [-0.25, -0.2) is 0 Å². The molecule has 0 bridgehead atoms. The van der Waals surface area contributed by atoms with E-state index in [2.05, 4.69) is 15.9 Å². The number of nitrogens with zero attached hydrogens (tertiary/aromatic N) is 3. The van der Waals surface area contributed by atoms with Gasteiger partial charge in [-0.3, -0.25) is 9.48 Å². The second-order valence-electron chi connectivity index (χ2n) is 4.72. The van der Waals surface area contributed by atoms with Gasteiger partial charge in [0.25, 0.3) is 0 Å². The topological polar surface area (TPSA) is 39.8 Å². The summed E-state index contributed by atoms with van der Waals surface area (Å²) in [6.07, 6.45) is 7.83. The summed E-state index contributed by atoms with van der Waals surface area (Å²) in [6.45, 7) is 0.912. The molecule has 0 fully saturated rings. The number of rotatable bonds is 4. The fourth-order valence-electron chi connectivity index (χ4n) is 2.34. The molecule has 3 rings (SSSR count). The maximum atomic E-state index is 10.8. The average Bonchev–Trinajstić information content (AvgIpc) is 3.02. The number of carbonyl (C=O) groups excluding carboxylic acids is 1. The number of benzene rings is 1. The Morgan fingerprint density at radius 2 is 2.21 bits per heavy atom. The number of carbonyl (C=O) groups is 1. The maximum Gasteiger partial charge on any atom is 0.150 e. The van der Waals surface area contributed by atoms with E-state index in [-0.39, 0.29) is 0 Å². The standard InChI is InChI=1S/C15H15N3O/c1-17-10-13(9-16-17)4-6-18-7-5-14-8-12(11-19)2-3-15(14)18/h2-3,5,7-11H,4,6H2,1H3. The molecule has 0 aliphatic carbocycles. The number of hydrogen-bond acceptors (Lipinski definition) is 2. The Morgan fingerprint density at radius 1 is 1.32 bits per heavy atom. The van der Waals surface area contributed by atoms with E-state index in [1.165, 1.54) is 5.56 Å². The van der Waals surface area contributed by atoms with Crippen LogP contribution in [0.1, 0.15) is 15.9 Å². The van der Waals surface area contributed by atoms with Crippen LogP contribution in [-0.2, 0) is 20.0 Å². The zero-order valence-corrected chi connectivity index (χ0v) is 10.8. The van der Waals surface area contributed by atoms with Gasteiger partial charge in [0.2, 0.25) is 0 Å². The van der Waals surface area contributed by atoms with Crippen molar-refractivity contribution in [2.24, 2.45) is 7.05 Å². The predicted octanol–water partition coefficient (Wildman–Crippen LogP) is 2.43. The highest BCUT2D eigenvalue weighted by Crippen LogP contribution is 2.17. The SMILES string of the molecule is Cn1cc(CCn2ccc3cc(C=O)ccc32)cn1. The Bertz CT molecular complexity index is 724. The summed E-state index contributed by atoms with van der Waals surface area (Å²) in [6, 6.07) is 7.83. The molecule has 3 aromatic rings. The first-order valence-corrected chi connectivity index (χ1v) is 6.28. The monoisotopic (exact) mass is 253 g/mol. The van der Waals surface area contributed by atoms with Crippen LogP contribution in [0.4, 0.5) is 0 Å². The molecule has 0 amide bonds. The van der Waals surface area contributed by atoms with E-state index in [0.29, 0.717) is 0 Å². The minimum atomic E-state index is 0.720. The largest absolute Gasteiger partial charge is 0.347 e. The molecule has 4 nitrogen and oxygen atoms in total. The van der Waals surface area contributed by atoms with E-state index in [1.54, 1.807) is 0 Å². The predicted molar refractivity (Wildman–Crippen MR) is 74.2 cm³/mol. The van der Waals surface area contributed by atoms with Gasteiger partial charge in [0, 0.05) is 42.5 Å². The van der Waals surface area contributed by atoms with Gasteiger partial charge in [0.1, 0.15) is 6.29 Å². The van der Waals surface area contributed by atoms with Crippen LogP contribution in [0.2, 0.25) is 0 Å². The van der Waals surface area contributed by atoms with E-state index in [1.807, 2.05) is 48.4 Å². The zero-order valence-electron chi connectivity index (χ0n) is 10.8. The van der Waals surface area contributed by atoms with Crippen molar-refractivity contribution in [3.8, 4) is 0 Å². The molecule has 0 radical (unpaired) electrons. The summed E-state index contributed by atoms with van der Waals surface area (Å²) in [7, 11) is 1.93. The number of hydrogen-bond donors (Lipinski definition) is 0. The molecular weight excluding hydrogens is 238 g/mol. The Kier molecular flexibility index (Phi) is 2.91. The summed E-state index contributed by atoms with van der Waals surface area (Å²) in [5, 5.41) is 5.28. The molecule has 2 aromatic heterocycles. The molecule has 0 saturated heterocycles. The van der Waals surface area contributed by atoms with Crippen LogP contribution in [0, 0.1) is 0 Å². The number of aryl methyl sites for hydroxylation is 3. The first-order valence-electron chi connectivity index (χ1n) is 6.28. The second-order valence-corrected chi connectivity index (χ2v) is 4.72. The third-order valence-corrected chi connectivity index (χ3v) is 3.33. The number of fused-ring (bicyclic) bond motifs is 1. The molecule has 19 heavy (non-hydrogen) atoms. The molecule has 0 spiro atoms. The lowest BCUT2D eigenvalue weighted by Gasteiger charge is -2.04. The van der Waals surface area contributed by atoms with Gasteiger partial charge in [-0.15, -0.1) is 0 Å². The highest BCUT2D eigenvalue weighted by Gasteiger charge is 2.03. The lowest BCUT2D eigenvalue weighted by molar-refractivity contribution is 0.112. The van der Waals surface area contributed by atoms with Crippen LogP contribution in [0.5, 0.6) is 0 Å². The molecule has 0 saturated carbocycles. The molecule has 1 aromatic carbocycles. The third kappa shape index (κ3) is 2.29. The van der Waals surface area contributed by atoms with Crippen molar-refractivity contribution in [3.05, 3.63) is 54.0 Å². The fourth-order valence-corrected chi connectivity index (χ4v) is 2.34. The first-order chi connectivity index (χ1) is 9.26. The molecule has 0 aliphatic rings. The van der Waals surface area contributed by atoms with Gasteiger partial charge in [-0.1, -0.05) is 0 Å². The number of aromatic nitrogens is 3. The average molecular weight is 253 g/mol. The van der Waals surface area contributed by atoms with Crippen LogP contribution in [-0.4, -0.2) is 20.6 Å². The molecule has 4 heteroatoms.